The molecule has 112 valence electrons. The Hall–Kier alpha value is -1.80. The van der Waals surface area contributed by atoms with Crippen molar-refractivity contribution >= 4 is 0 Å². The van der Waals surface area contributed by atoms with Gasteiger partial charge in [-0.2, -0.15) is 0 Å². The molecule has 2 heteroatoms. The van der Waals surface area contributed by atoms with Gasteiger partial charge in [-0.3, -0.25) is 0 Å². The third-order valence-corrected chi connectivity index (χ3v) is 3.51. The molecule has 2 aromatic carbocycles. The summed E-state index contributed by atoms with van der Waals surface area (Å²) in [7, 11) is 0. The van der Waals surface area contributed by atoms with E-state index in [4.69, 9.17) is 4.74 Å². The maximum absolute atomic E-state index is 5.63. The van der Waals surface area contributed by atoms with Crippen LogP contribution in [0.2, 0.25) is 0 Å². The fourth-order valence-electron chi connectivity index (χ4n) is 2.38. The van der Waals surface area contributed by atoms with E-state index in [0.29, 0.717) is 0 Å². The normalized spacial score (nSPS) is 10.6. The second-order valence-electron chi connectivity index (χ2n) is 5.30. The highest BCUT2D eigenvalue weighted by atomic mass is 16.5. The van der Waals surface area contributed by atoms with Gasteiger partial charge in [0.05, 0.1) is 6.61 Å². The molecule has 2 aromatic rings. The first kappa shape index (κ1) is 15.6. The Balaban J connectivity index is 2.13. The predicted molar refractivity (Wildman–Crippen MR) is 89.8 cm³/mol. The standard InChI is InChI=1S/C19H25NO/c1-4-12-21-18-9-7-17(8-10-18)19-11-6-16(13-15(19)3)14-20-5-2/h6-11,13,20H,4-5,12,14H2,1-3H3. The van der Waals surface area contributed by atoms with Crippen molar-refractivity contribution in [3.05, 3.63) is 53.6 Å². The van der Waals surface area contributed by atoms with Crippen LogP contribution >= 0.6 is 0 Å². The molecule has 0 radical (unpaired) electrons. The molecule has 0 atom stereocenters. The largest absolute Gasteiger partial charge is 0.494 e. The van der Waals surface area contributed by atoms with Crippen molar-refractivity contribution in [1.29, 1.82) is 0 Å². The molecule has 0 spiro atoms. The van der Waals surface area contributed by atoms with Crippen LogP contribution in [-0.2, 0) is 6.54 Å². The van der Waals surface area contributed by atoms with E-state index in [1.54, 1.807) is 0 Å². The lowest BCUT2D eigenvalue weighted by Gasteiger charge is -2.10. The summed E-state index contributed by atoms with van der Waals surface area (Å²) in [4.78, 5) is 0. The van der Waals surface area contributed by atoms with E-state index in [2.05, 4.69) is 68.6 Å². The van der Waals surface area contributed by atoms with Crippen molar-refractivity contribution in [3.63, 3.8) is 0 Å². The average molecular weight is 283 g/mol. The molecule has 0 aliphatic carbocycles. The number of ether oxygens (including phenoxy) is 1. The van der Waals surface area contributed by atoms with Crippen molar-refractivity contribution in [1.82, 2.24) is 5.32 Å². The zero-order valence-electron chi connectivity index (χ0n) is 13.3. The molecule has 0 aliphatic rings. The van der Waals surface area contributed by atoms with Gasteiger partial charge in [-0.15, -0.1) is 0 Å². The van der Waals surface area contributed by atoms with Gasteiger partial charge < -0.3 is 10.1 Å². The van der Waals surface area contributed by atoms with Gasteiger partial charge in [0.15, 0.2) is 0 Å². The van der Waals surface area contributed by atoms with Crippen LogP contribution in [0.5, 0.6) is 5.75 Å². The lowest BCUT2D eigenvalue weighted by Crippen LogP contribution is -2.11. The fraction of sp³-hybridized carbons (Fsp3) is 0.368. The van der Waals surface area contributed by atoms with Gasteiger partial charge in [0.2, 0.25) is 0 Å². The quantitative estimate of drug-likeness (QED) is 0.804. The van der Waals surface area contributed by atoms with Crippen molar-refractivity contribution in [2.45, 2.75) is 33.7 Å². The van der Waals surface area contributed by atoms with Crippen LogP contribution < -0.4 is 10.1 Å². The van der Waals surface area contributed by atoms with Crippen LogP contribution in [-0.4, -0.2) is 13.2 Å². The Morgan fingerprint density at radius 2 is 1.76 bits per heavy atom. The summed E-state index contributed by atoms with van der Waals surface area (Å²) in [6.45, 7) is 9.13. The number of aryl methyl sites for hydroxylation is 1. The van der Waals surface area contributed by atoms with E-state index in [1.165, 1.54) is 22.3 Å². The molecule has 0 saturated carbocycles. The highest BCUT2D eigenvalue weighted by Crippen LogP contribution is 2.26. The van der Waals surface area contributed by atoms with Crippen LogP contribution in [0.3, 0.4) is 0 Å². The molecule has 0 bridgehead atoms. The third-order valence-electron chi connectivity index (χ3n) is 3.51. The van der Waals surface area contributed by atoms with Crippen LogP contribution in [0.4, 0.5) is 0 Å². The first-order chi connectivity index (χ1) is 10.2. The Morgan fingerprint density at radius 1 is 1.00 bits per heavy atom. The van der Waals surface area contributed by atoms with E-state index in [1.807, 2.05) is 0 Å². The smallest absolute Gasteiger partial charge is 0.119 e. The van der Waals surface area contributed by atoms with Gasteiger partial charge in [-0.05, 0) is 54.3 Å². The average Bonchev–Trinajstić information content (AvgIpc) is 2.52. The Bertz CT molecular complexity index is 560. The van der Waals surface area contributed by atoms with E-state index >= 15 is 0 Å². The van der Waals surface area contributed by atoms with Gasteiger partial charge in [-0.25, -0.2) is 0 Å². The monoisotopic (exact) mass is 283 g/mol. The van der Waals surface area contributed by atoms with Crippen LogP contribution in [0.15, 0.2) is 42.5 Å². The molecule has 2 nitrogen and oxygen atoms in total. The number of benzene rings is 2. The summed E-state index contributed by atoms with van der Waals surface area (Å²) < 4.78 is 5.63. The molecular weight excluding hydrogens is 258 g/mol. The molecule has 0 aromatic heterocycles. The first-order valence-corrected chi connectivity index (χ1v) is 7.78. The van der Waals surface area contributed by atoms with Gasteiger partial charge in [0.1, 0.15) is 5.75 Å². The van der Waals surface area contributed by atoms with Gasteiger partial charge in [-0.1, -0.05) is 44.2 Å². The summed E-state index contributed by atoms with van der Waals surface area (Å²) in [6.07, 6.45) is 1.04. The Morgan fingerprint density at radius 3 is 2.38 bits per heavy atom. The highest BCUT2D eigenvalue weighted by molar-refractivity contribution is 5.68. The lowest BCUT2D eigenvalue weighted by molar-refractivity contribution is 0.317. The zero-order chi connectivity index (χ0) is 15.1. The van der Waals surface area contributed by atoms with Gasteiger partial charge >= 0.3 is 0 Å². The van der Waals surface area contributed by atoms with Crippen molar-refractivity contribution in [2.75, 3.05) is 13.2 Å². The maximum atomic E-state index is 5.63. The summed E-state index contributed by atoms with van der Waals surface area (Å²) in [6, 6.07) is 15.1. The Labute approximate surface area is 128 Å². The summed E-state index contributed by atoms with van der Waals surface area (Å²) >= 11 is 0. The zero-order valence-corrected chi connectivity index (χ0v) is 13.3. The molecule has 0 heterocycles. The van der Waals surface area contributed by atoms with Gasteiger partial charge in [0, 0.05) is 6.54 Å². The summed E-state index contributed by atoms with van der Waals surface area (Å²) in [5.74, 6) is 0.946. The third kappa shape index (κ3) is 4.33. The van der Waals surface area contributed by atoms with E-state index in [-0.39, 0.29) is 0 Å². The minimum absolute atomic E-state index is 0.775. The number of hydrogen-bond acceptors (Lipinski definition) is 2. The van der Waals surface area contributed by atoms with Crippen molar-refractivity contribution in [3.8, 4) is 16.9 Å². The van der Waals surface area contributed by atoms with Crippen LogP contribution in [0.1, 0.15) is 31.4 Å². The first-order valence-electron chi connectivity index (χ1n) is 7.78. The van der Waals surface area contributed by atoms with Crippen molar-refractivity contribution < 1.29 is 4.74 Å². The molecule has 1 N–H and O–H groups in total. The SMILES string of the molecule is CCCOc1ccc(-c2ccc(CNCC)cc2C)cc1. The van der Waals surface area contributed by atoms with E-state index < -0.39 is 0 Å². The van der Waals surface area contributed by atoms with Crippen LogP contribution in [0.25, 0.3) is 11.1 Å². The highest BCUT2D eigenvalue weighted by Gasteiger charge is 2.04. The molecular formula is C19H25NO. The molecule has 0 aliphatic heterocycles. The number of hydrogen-bond donors (Lipinski definition) is 1. The van der Waals surface area contributed by atoms with Crippen LogP contribution in [0, 0.1) is 6.92 Å². The fourth-order valence-corrected chi connectivity index (χ4v) is 2.38. The number of rotatable bonds is 7. The van der Waals surface area contributed by atoms with Gasteiger partial charge in [0.25, 0.3) is 0 Å². The topological polar surface area (TPSA) is 21.3 Å². The molecule has 0 fully saturated rings. The second-order valence-corrected chi connectivity index (χ2v) is 5.30. The minimum Gasteiger partial charge on any atom is -0.494 e. The van der Waals surface area contributed by atoms with E-state index in [0.717, 1.165) is 31.9 Å². The predicted octanol–water partition coefficient (Wildman–Crippen LogP) is 4.56. The minimum atomic E-state index is 0.775. The lowest BCUT2D eigenvalue weighted by atomic mass is 9.98. The Kier molecular flexibility index (Phi) is 5.82. The molecule has 0 saturated heterocycles. The molecule has 0 amide bonds. The number of nitrogens with one attached hydrogen (secondary N) is 1. The molecule has 2 rings (SSSR count). The second kappa shape index (κ2) is 7.84. The summed E-state index contributed by atoms with van der Waals surface area (Å²) in [5.41, 5.74) is 5.18. The van der Waals surface area contributed by atoms with E-state index in [9.17, 15) is 0 Å². The maximum Gasteiger partial charge on any atom is 0.119 e. The van der Waals surface area contributed by atoms with Crippen molar-refractivity contribution in [2.24, 2.45) is 0 Å². The molecule has 0 unspecified atom stereocenters. The molecule has 21 heavy (non-hydrogen) atoms. The summed E-state index contributed by atoms with van der Waals surface area (Å²) in [5, 5.41) is 3.36.